The van der Waals surface area contributed by atoms with Gasteiger partial charge in [-0.15, -0.1) is 0 Å². The molecule has 4 nitrogen and oxygen atoms in total. The number of aryl methyl sites for hydroxylation is 2. The topological polar surface area (TPSA) is 42.7 Å². The molecule has 1 N–H and O–H groups in total. The highest BCUT2D eigenvalue weighted by molar-refractivity contribution is 5.79. The molecule has 0 saturated heterocycles. The summed E-state index contributed by atoms with van der Waals surface area (Å²) in [6.07, 6.45) is 1.83. The minimum Gasteiger partial charge on any atom is -0.308 e. The minimum absolute atomic E-state index is 0.133. The second-order valence-corrected chi connectivity index (χ2v) is 5.01. The van der Waals surface area contributed by atoms with Crippen LogP contribution in [0.2, 0.25) is 0 Å². The number of rotatable bonds is 3. The van der Waals surface area contributed by atoms with E-state index in [1.54, 1.807) is 0 Å². The first kappa shape index (κ1) is 12.8. The van der Waals surface area contributed by atoms with Gasteiger partial charge in [0.2, 0.25) is 0 Å². The second-order valence-electron chi connectivity index (χ2n) is 5.01. The molecule has 1 atom stereocenters. The molecule has 102 valence electrons. The Kier molecular flexibility index (Phi) is 3.24. The van der Waals surface area contributed by atoms with Gasteiger partial charge in [-0.3, -0.25) is 9.67 Å². The SMILES string of the molecule is CNC(c1ccc2nc(C)ccc2c1)c1ccnn1C. The van der Waals surface area contributed by atoms with Gasteiger partial charge in [0.1, 0.15) is 0 Å². The van der Waals surface area contributed by atoms with Crippen molar-refractivity contribution in [3.63, 3.8) is 0 Å². The lowest BCUT2D eigenvalue weighted by Crippen LogP contribution is -2.20. The highest BCUT2D eigenvalue weighted by atomic mass is 15.3. The zero-order valence-electron chi connectivity index (χ0n) is 12.0. The van der Waals surface area contributed by atoms with Crippen LogP contribution in [0.4, 0.5) is 0 Å². The molecular weight excluding hydrogens is 248 g/mol. The largest absolute Gasteiger partial charge is 0.308 e. The standard InChI is InChI=1S/C16H18N4/c1-11-4-5-12-10-13(6-7-14(12)19-11)16(17-2)15-8-9-18-20(15)3/h4-10,16-17H,1-3H3. The van der Waals surface area contributed by atoms with E-state index < -0.39 is 0 Å². The summed E-state index contributed by atoms with van der Waals surface area (Å²) in [4.78, 5) is 4.54. The Balaban J connectivity index is 2.08. The lowest BCUT2D eigenvalue weighted by Gasteiger charge is -2.17. The third-order valence-corrected chi connectivity index (χ3v) is 3.63. The summed E-state index contributed by atoms with van der Waals surface area (Å²) in [7, 11) is 3.93. The molecule has 4 heteroatoms. The molecule has 0 aliphatic carbocycles. The minimum atomic E-state index is 0.133. The van der Waals surface area contributed by atoms with E-state index in [0.717, 1.165) is 22.3 Å². The fourth-order valence-corrected chi connectivity index (χ4v) is 2.58. The molecule has 1 aromatic carbocycles. The molecule has 3 rings (SSSR count). The van der Waals surface area contributed by atoms with E-state index in [1.807, 2.05) is 44.0 Å². The number of hydrogen-bond donors (Lipinski definition) is 1. The second kappa shape index (κ2) is 5.06. The number of hydrogen-bond acceptors (Lipinski definition) is 3. The zero-order valence-corrected chi connectivity index (χ0v) is 12.0. The normalized spacial score (nSPS) is 12.8. The summed E-state index contributed by atoms with van der Waals surface area (Å²) in [6.45, 7) is 2.01. The number of nitrogens with one attached hydrogen (secondary N) is 1. The van der Waals surface area contributed by atoms with Gasteiger partial charge in [0.15, 0.2) is 0 Å². The van der Waals surface area contributed by atoms with E-state index in [2.05, 4.69) is 39.7 Å². The van der Waals surface area contributed by atoms with Crippen LogP contribution in [-0.4, -0.2) is 21.8 Å². The molecular formula is C16H18N4. The molecule has 0 bridgehead atoms. The highest BCUT2D eigenvalue weighted by Crippen LogP contribution is 2.24. The summed E-state index contributed by atoms with van der Waals surface area (Å²) in [5, 5.41) is 8.77. The van der Waals surface area contributed by atoms with E-state index in [9.17, 15) is 0 Å². The van der Waals surface area contributed by atoms with Crippen molar-refractivity contribution in [1.29, 1.82) is 0 Å². The first-order chi connectivity index (χ1) is 9.69. The molecule has 0 saturated carbocycles. The third-order valence-electron chi connectivity index (χ3n) is 3.63. The van der Waals surface area contributed by atoms with Crippen molar-refractivity contribution >= 4 is 10.9 Å². The van der Waals surface area contributed by atoms with Gasteiger partial charge in [-0.25, -0.2) is 0 Å². The number of pyridine rings is 1. The van der Waals surface area contributed by atoms with Crippen LogP contribution in [0.25, 0.3) is 10.9 Å². The van der Waals surface area contributed by atoms with Gasteiger partial charge in [0, 0.05) is 24.3 Å². The van der Waals surface area contributed by atoms with Crippen LogP contribution in [0.5, 0.6) is 0 Å². The molecule has 2 heterocycles. The molecule has 0 aliphatic heterocycles. The van der Waals surface area contributed by atoms with Crippen LogP contribution in [0, 0.1) is 6.92 Å². The van der Waals surface area contributed by atoms with Crippen LogP contribution in [0.15, 0.2) is 42.6 Å². The average Bonchev–Trinajstić information content (AvgIpc) is 2.86. The maximum atomic E-state index is 4.54. The molecule has 1 unspecified atom stereocenters. The van der Waals surface area contributed by atoms with Crippen molar-refractivity contribution in [3.05, 3.63) is 59.5 Å². The summed E-state index contributed by atoms with van der Waals surface area (Å²) in [5.41, 5.74) is 4.44. The summed E-state index contributed by atoms with van der Waals surface area (Å²) in [6, 6.07) is 12.7. The Bertz CT molecular complexity index is 745. The Morgan fingerprint density at radius 1 is 1.15 bits per heavy atom. The van der Waals surface area contributed by atoms with Crippen molar-refractivity contribution in [2.24, 2.45) is 7.05 Å². The molecule has 0 aliphatic rings. The fraction of sp³-hybridized carbons (Fsp3) is 0.250. The van der Waals surface area contributed by atoms with Gasteiger partial charge in [0.05, 0.1) is 17.3 Å². The van der Waals surface area contributed by atoms with Gasteiger partial charge in [-0.2, -0.15) is 5.10 Å². The molecule has 0 fully saturated rings. The fourth-order valence-electron chi connectivity index (χ4n) is 2.58. The van der Waals surface area contributed by atoms with E-state index in [-0.39, 0.29) is 6.04 Å². The molecule has 0 spiro atoms. The van der Waals surface area contributed by atoms with Crippen LogP contribution < -0.4 is 5.32 Å². The van der Waals surface area contributed by atoms with Crippen molar-refractivity contribution < 1.29 is 0 Å². The van der Waals surface area contributed by atoms with Gasteiger partial charge in [0.25, 0.3) is 0 Å². The van der Waals surface area contributed by atoms with Gasteiger partial charge < -0.3 is 5.32 Å². The molecule has 0 amide bonds. The van der Waals surface area contributed by atoms with Crippen LogP contribution in [0.1, 0.15) is 23.0 Å². The molecule has 0 radical (unpaired) electrons. The number of aromatic nitrogens is 3. The van der Waals surface area contributed by atoms with Crippen molar-refractivity contribution in [2.75, 3.05) is 7.05 Å². The maximum absolute atomic E-state index is 4.54. The monoisotopic (exact) mass is 266 g/mol. The third kappa shape index (κ3) is 2.18. The lowest BCUT2D eigenvalue weighted by atomic mass is 10.0. The summed E-state index contributed by atoms with van der Waals surface area (Å²) < 4.78 is 1.90. The van der Waals surface area contributed by atoms with E-state index in [4.69, 9.17) is 0 Å². The molecule has 2 aromatic heterocycles. The number of benzene rings is 1. The zero-order chi connectivity index (χ0) is 14.1. The predicted molar refractivity (Wildman–Crippen MR) is 80.6 cm³/mol. The smallest absolute Gasteiger partial charge is 0.0745 e. The summed E-state index contributed by atoms with van der Waals surface area (Å²) in [5.74, 6) is 0. The Labute approximate surface area is 118 Å². The maximum Gasteiger partial charge on any atom is 0.0745 e. The first-order valence-electron chi connectivity index (χ1n) is 6.71. The first-order valence-corrected chi connectivity index (χ1v) is 6.71. The highest BCUT2D eigenvalue weighted by Gasteiger charge is 2.15. The van der Waals surface area contributed by atoms with Crippen molar-refractivity contribution in [1.82, 2.24) is 20.1 Å². The average molecular weight is 266 g/mol. The molecule has 3 aromatic rings. The van der Waals surface area contributed by atoms with E-state index in [0.29, 0.717) is 0 Å². The van der Waals surface area contributed by atoms with Crippen LogP contribution in [-0.2, 0) is 7.05 Å². The molecule has 20 heavy (non-hydrogen) atoms. The quantitative estimate of drug-likeness (QED) is 0.792. The summed E-state index contributed by atoms with van der Waals surface area (Å²) >= 11 is 0. The van der Waals surface area contributed by atoms with Crippen LogP contribution in [0.3, 0.4) is 0 Å². The van der Waals surface area contributed by atoms with Gasteiger partial charge in [-0.05, 0) is 43.8 Å². The van der Waals surface area contributed by atoms with Gasteiger partial charge >= 0.3 is 0 Å². The number of nitrogens with zero attached hydrogens (tertiary/aromatic N) is 3. The van der Waals surface area contributed by atoms with E-state index >= 15 is 0 Å². The Morgan fingerprint density at radius 2 is 2.00 bits per heavy atom. The Morgan fingerprint density at radius 3 is 2.70 bits per heavy atom. The lowest BCUT2D eigenvalue weighted by molar-refractivity contribution is 0.606. The van der Waals surface area contributed by atoms with E-state index in [1.165, 1.54) is 5.56 Å². The number of fused-ring (bicyclic) bond motifs is 1. The van der Waals surface area contributed by atoms with Crippen LogP contribution >= 0.6 is 0 Å². The van der Waals surface area contributed by atoms with Crippen molar-refractivity contribution in [2.45, 2.75) is 13.0 Å². The Hall–Kier alpha value is -2.20. The van der Waals surface area contributed by atoms with Crippen molar-refractivity contribution in [3.8, 4) is 0 Å². The van der Waals surface area contributed by atoms with Gasteiger partial charge in [-0.1, -0.05) is 12.1 Å². The predicted octanol–water partition coefficient (Wildman–Crippen LogP) is 2.59.